The summed E-state index contributed by atoms with van der Waals surface area (Å²) in [5.41, 5.74) is 6.46. The third-order valence-electron chi connectivity index (χ3n) is 4.04. The Hall–Kier alpha value is -2.41. The maximum Gasteiger partial charge on any atom is 0.223 e. The molecule has 0 spiro atoms. The van der Waals surface area contributed by atoms with Crippen LogP contribution < -0.4 is 16.0 Å². The van der Waals surface area contributed by atoms with Crippen LogP contribution in [0.25, 0.3) is 0 Å². The largest absolute Gasteiger partial charge is 0.368 e. The van der Waals surface area contributed by atoms with Gasteiger partial charge in [-0.25, -0.2) is 4.39 Å². The lowest BCUT2D eigenvalue weighted by atomic mass is 10.2. The molecule has 1 fully saturated rings. The van der Waals surface area contributed by atoms with Crippen molar-refractivity contribution < 1.29 is 4.39 Å². The molecule has 1 aromatic carbocycles. The van der Waals surface area contributed by atoms with Gasteiger partial charge in [0.1, 0.15) is 17.5 Å². The number of halogens is 1. The van der Waals surface area contributed by atoms with E-state index in [1.165, 1.54) is 12.1 Å². The molecule has 1 aromatic heterocycles. The van der Waals surface area contributed by atoms with Crippen LogP contribution in [0.1, 0.15) is 6.42 Å². The molecule has 6 nitrogen and oxygen atoms in total. The van der Waals surface area contributed by atoms with Crippen molar-refractivity contribution in [3.8, 4) is 0 Å². The summed E-state index contributed by atoms with van der Waals surface area (Å²) in [6, 6.07) is 8.58. The SMILES string of the molecule is CN(C)[C@@H]1CCN(c2cc(Nc3cccc(F)c3)nc(N)n2)C1. The second-order valence-electron chi connectivity index (χ2n) is 5.96. The minimum absolute atomic E-state index is 0.203. The predicted molar refractivity (Wildman–Crippen MR) is 90.4 cm³/mol. The average Bonchev–Trinajstić information content (AvgIpc) is 2.96. The van der Waals surface area contributed by atoms with E-state index in [9.17, 15) is 4.39 Å². The number of nitrogen functional groups attached to an aromatic ring is 1. The highest BCUT2D eigenvalue weighted by atomic mass is 19.1. The number of hydrogen-bond donors (Lipinski definition) is 2. The van der Waals surface area contributed by atoms with Gasteiger partial charge in [0.15, 0.2) is 0 Å². The molecule has 0 amide bonds. The van der Waals surface area contributed by atoms with Crippen LogP contribution in [-0.2, 0) is 0 Å². The molecule has 122 valence electrons. The fourth-order valence-corrected chi connectivity index (χ4v) is 2.76. The van der Waals surface area contributed by atoms with Gasteiger partial charge in [-0.3, -0.25) is 0 Å². The molecule has 1 aliphatic rings. The number of nitrogens with zero attached hydrogens (tertiary/aromatic N) is 4. The van der Waals surface area contributed by atoms with Crippen molar-refractivity contribution in [2.75, 3.05) is 43.1 Å². The lowest BCUT2D eigenvalue weighted by Gasteiger charge is -2.21. The first-order chi connectivity index (χ1) is 11.0. The quantitative estimate of drug-likeness (QED) is 0.900. The normalized spacial score (nSPS) is 17.7. The summed E-state index contributed by atoms with van der Waals surface area (Å²) >= 11 is 0. The van der Waals surface area contributed by atoms with E-state index >= 15 is 0 Å². The maximum absolute atomic E-state index is 13.3. The van der Waals surface area contributed by atoms with E-state index in [1.54, 1.807) is 12.1 Å². The van der Waals surface area contributed by atoms with Crippen molar-refractivity contribution in [1.29, 1.82) is 0 Å². The summed E-state index contributed by atoms with van der Waals surface area (Å²) in [7, 11) is 4.17. The summed E-state index contributed by atoms with van der Waals surface area (Å²) in [4.78, 5) is 12.9. The second kappa shape index (κ2) is 6.37. The number of aromatic nitrogens is 2. The van der Waals surface area contributed by atoms with Gasteiger partial charge in [-0.05, 0) is 38.7 Å². The highest BCUT2D eigenvalue weighted by Crippen LogP contribution is 2.24. The molecule has 3 N–H and O–H groups in total. The van der Waals surface area contributed by atoms with Crippen LogP contribution in [0.4, 0.5) is 27.7 Å². The second-order valence-corrected chi connectivity index (χ2v) is 5.96. The van der Waals surface area contributed by atoms with E-state index in [1.807, 2.05) is 6.07 Å². The first-order valence-corrected chi connectivity index (χ1v) is 7.60. The Morgan fingerprint density at radius 3 is 2.83 bits per heavy atom. The highest BCUT2D eigenvalue weighted by Gasteiger charge is 2.25. The van der Waals surface area contributed by atoms with Crippen molar-refractivity contribution >= 4 is 23.3 Å². The molecular weight excluding hydrogens is 295 g/mol. The molecule has 1 saturated heterocycles. The number of rotatable bonds is 4. The molecular formula is C16H21FN6. The van der Waals surface area contributed by atoms with E-state index in [4.69, 9.17) is 5.73 Å². The van der Waals surface area contributed by atoms with Crippen LogP contribution in [0.3, 0.4) is 0 Å². The Bertz CT molecular complexity index is 690. The van der Waals surface area contributed by atoms with Gasteiger partial charge in [0, 0.05) is 30.9 Å². The molecule has 3 rings (SSSR count). The third kappa shape index (κ3) is 3.68. The molecule has 0 bridgehead atoms. The minimum Gasteiger partial charge on any atom is -0.368 e. The molecule has 1 aliphatic heterocycles. The maximum atomic E-state index is 13.3. The molecule has 1 atom stereocenters. The zero-order chi connectivity index (χ0) is 16.4. The number of nitrogens with two attached hydrogens (primary N) is 1. The smallest absolute Gasteiger partial charge is 0.223 e. The summed E-state index contributed by atoms with van der Waals surface area (Å²) in [6.45, 7) is 1.83. The Labute approximate surface area is 135 Å². The van der Waals surface area contributed by atoms with Crippen molar-refractivity contribution in [2.24, 2.45) is 0 Å². The van der Waals surface area contributed by atoms with Gasteiger partial charge in [-0.2, -0.15) is 9.97 Å². The van der Waals surface area contributed by atoms with E-state index < -0.39 is 0 Å². The molecule has 2 heterocycles. The fourth-order valence-electron chi connectivity index (χ4n) is 2.76. The first-order valence-electron chi connectivity index (χ1n) is 7.60. The van der Waals surface area contributed by atoms with E-state index in [2.05, 4.69) is 39.2 Å². The molecule has 23 heavy (non-hydrogen) atoms. The lowest BCUT2D eigenvalue weighted by Crippen LogP contribution is -2.31. The topological polar surface area (TPSA) is 70.3 Å². The molecule has 0 saturated carbocycles. The van der Waals surface area contributed by atoms with Crippen LogP contribution in [0.2, 0.25) is 0 Å². The van der Waals surface area contributed by atoms with Crippen LogP contribution in [-0.4, -0.2) is 48.1 Å². The van der Waals surface area contributed by atoms with Crippen LogP contribution >= 0.6 is 0 Å². The van der Waals surface area contributed by atoms with Gasteiger partial charge >= 0.3 is 0 Å². The number of hydrogen-bond acceptors (Lipinski definition) is 6. The summed E-state index contributed by atoms with van der Waals surface area (Å²) in [5.74, 6) is 1.26. The highest BCUT2D eigenvalue weighted by molar-refractivity contribution is 5.61. The number of nitrogens with one attached hydrogen (secondary N) is 1. The molecule has 7 heteroatoms. The van der Waals surface area contributed by atoms with Crippen LogP contribution in [0.15, 0.2) is 30.3 Å². The monoisotopic (exact) mass is 316 g/mol. The lowest BCUT2D eigenvalue weighted by molar-refractivity contribution is 0.315. The zero-order valence-corrected chi connectivity index (χ0v) is 13.3. The Kier molecular flexibility index (Phi) is 4.29. The van der Waals surface area contributed by atoms with Gasteiger partial charge < -0.3 is 20.9 Å². The predicted octanol–water partition coefficient (Wildman–Crippen LogP) is 2.08. The Morgan fingerprint density at radius 2 is 2.13 bits per heavy atom. The van der Waals surface area contributed by atoms with Crippen LogP contribution in [0, 0.1) is 5.82 Å². The van der Waals surface area contributed by atoms with Gasteiger partial charge in [0.05, 0.1) is 0 Å². The van der Waals surface area contributed by atoms with Gasteiger partial charge in [0.25, 0.3) is 0 Å². The van der Waals surface area contributed by atoms with Crippen molar-refractivity contribution in [3.63, 3.8) is 0 Å². The zero-order valence-electron chi connectivity index (χ0n) is 13.3. The molecule has 0 unspecified atom stereocenters. The fraction of sp³-hybridized carbons (Fsp3) is 0.375. The third-order valence-corrected chi connectivity index (χ3v) is 4.04. The standard InChI is InChI=1S/C16H21FN6/c1-22(2)13-6-7-23(10-13)15-9-14(20-16(18)21-15)19-12-5-3-4-11(17)8-12/h3-5,8-9,13H,6-7,10H2,1-2H3,(H3,18,19,20,21)/t13-/m1/s1. The first kappa shape index (κ1) is 15.5. The Morgan fingerprint density at radius 1 is 1.30 bits per heavy atom. The number of likely N-dealkylation sites (N-methyl/N-ethyl adjacent to an activating group) is 1. The number of anilines is 4. The summed E-state index contributed by atoms with van der Waals surface area (Å²) < 4.78 is 13.3. The van der Waals surface area contributed by atoms with Crippen molar-refractivity contribution in [3.05, 3.63) is 36.1 Å². The van der Waals surface area contributed by atoms with Crippen molar-refractivity contribution in [1.82, 2.24) is 14.9 Å². The number of benzene rings is 1. The van der Waals surface area contributed by atoms with Gasteiger partial charge in [-0.1, -0.05) is 6.07 Å². The van der Waals surface area contributed by atoms with Crippen molar-refractivity contribution in [2.45, 2.75) is 12.5 Å². The van der Waals surface area contributed by atoms with E-state index in [0.29, 0.717) is 17.5 Å². The molecule has 2 aromatic rings. The summed E-state index contributed by atoms with van der Waals surface area (Å²) in [6.07, 6.45) is 1.09. The average molecular weight is 316 g/mol. The van der Waals surface area contributed by atoms with Gasteiger partial charge in [-0.15, -0.1) is 0 Å². The molecule has 0 radical (unpaired) electrons. The molecule has 0 aliphatic carbocycles. The van der Waals surface area contributed by atoms with E-state index in [0.717, 1.165) is 25.3 Å². The summed E-state index contributed by atoms with van der Waals surface area (Å²) in [5, 5.41) is 3.08. The van der Waals surface area contributed by atoms with Crippen LogP contribution in [0.5, 0.6) is 0 Å². The van der Waals surface area contributed by atoms with Gasteiger partial charge in [0.2, 0.25) is 5.95 Å². The minimum atomic E-state index is -0.300. The Balaban J connectivity index is 1.80. The van der Waals surface area contributed by atoms with E-state index in [-0.39, 0.29) is 11.8 Å².